The number of benzene rings is 1. The van der Waals surface area contributed by atoms with Gasteiger partial charge in [-0.25, -0.2) is 4.79 Å². The maximum atomic E-state index is 11.5. The van der Waals surface area contributed by atoms with Crippen LogP contribution in [0.4, 0.5) is 0 Å². The van der Waals surface area contributed by atoms with Crippen LogP contribution in [0.25, 0.3) is 0 Å². The first kappa shape index (κ1) is 15.1. The zero-order valence-electron chi connectivity index (χ0n) is 10.6. The molecular formula is C13H16O6. The van der Waals surface area contributed by atoms with Crippen LogP contribution in [0.2, 0.25) is 0 Å². The zero-order chi connectivity index (χ0) is 14.1. The third-order valence-electron chi connectivity index (χ3n) is 2.23. The fourth-order valence-electron chi connectivity index (χ4n) is 1.31. The Hall–Kier alpha value is -1.92. The van der Waals surface area contributed by atoms with Gasteiger partial charge in [0.1, 0.15) is 13.2 Å². The second kappa shape index (κ2) is 8.23. The fourth-order valence-corrected chi connectivity index (χ4v) is 1.31. The molecule has 19 heavy (non-hydrogen) atoms. The number of hydrogen-bond donors (Lipinski definition) is 1. The molecule has 0 aliphatic rings. The van der Waals surface area contributed by atoms with Crippen LogP contribution in [0, 0.1) is 0 Å². The van der Waals surface area contributed by atoms with Crippen LogP contribution in [-0.2, 0) is 30.4 Å². The molecule has 1 atom stereocenters. The standard InChI is InChI=1S/C13H16O6/c1-17-13(19-9-11(14)15)7-12(16)18-8-10-5-3-2-4-6-10/h2-6,13H,7-9H2,1H3,(H,14,15). The molecule has 104 valence electrons. The summed E-state index contributed by atoms with van der Waals surface area (Å²) in [4.78, 5) is 21.8. The molecule has 1 N–H and O–H groups in total. The van der Waals surface area contributed by atoms with E-state index in [4.69, 9.17) is 19.3 Å². The Bertz CT molecular complexity index is 403. The summed E-state index contributed by atoms with van der Waals surface area (Å²) < 4.78 is 14.7. The molecule has 0 bridgehead atoms. The molecule has 6 nitrogen and oxygen atoms in total. The van der Waals surface area contributed by atoms with Crippen molar-refractivity contribution in [2.45, 2.75) is 19.3 Å². The number of carbonyl (C=O) groups is 2. The van der Waals surface area contributed by atoms with Crippen molar-refractivity contribution >= 4 is 11.9 Å². The molecule has 0 heterocycles. The van der Waals surface area contributed by atoms with E-state index in [-0.39, 0.29) is 13.0 Å². The third-order valence-corrected chi connectivity index (χ3v) is 2.23. The maximum Gasteiger partial charge on any atom is 0.329 e. The van der Waals surface area contributed by atoms with Crippen molar-refractivity contribution in [1.82, 2.24) is 0 Å². The molecule has 1 unspecified atom stereocenters. The van der Waals surface area contributed by atoms with Gasteiger partial charge in [0.2, 0.25) is 0 Å². The number of methoxy groups -OCH3 is 1. The Morgan fingerprint density at radius 2 is 1.95 bits per heavy atom. The first-order valence-electron chi connectivity index (χ1n) is 5.67. The lowest BCUT2D eigenvalue weighted by Gasteiger charge is -2.14. The SMILES string of the molecule is COC(CC(=O)OCc1ccccc1)OCC(=O)O. The minimum atomic E-state index is -1.13. The molecule has 0 saturated heterocycles. The van der Waals surface area contributed by atoms with Gasteiger partial charge < -0.3 is 19.3 Å². The molecule has 1 rings (SSSR count). The topological polar surface area (TPSA) is 82.1 Å². The molecule has 0 saturated carbocycles. The quantitative estimate of drug-likeness (QED) is 0.563. The number of aliphatic carboxylic acids is 1. The lowest BCUT2D eigenvalue weighted by molar-refractivity contribution is -0.174. The van der Waals surface area contributed by atoms with E-state index >= 15 is 0 Å². The third kappa shape index (κ3) is 6.54. The normalized spacial score (nSPS) is 11.8. The van der Waals surface area contributed by atoms with Gasteiger partial charge in [-0.2, -0.15) is 0 Å². The molecule has 0 radical (unpaired) electrons. The summed E-state index contributed by atoms with van der Waals surface area (Å²) in [6.45, 7) is -0.362. The van der Waals surface area contributed by atoms with E-state index in [0.29, 0.717) is 0 Å². The Balaban J connectivity index is 2.30. The molecule has 0 aliphatic heterocycles. The van der Waals surface area contributed by atoms with Crippen molar-refractivity contribution < 1.29 is 28.9 Å². The smallest absolute Gasteiger partial charge is 0.329 e. The van der Waals surface area contributed by atoms with E-state index in [2.05, 4.69) is 0 Å². The van der Waals surface area contributed by atoms with Crippen molar-refractivity contribution in [3.8, 4) is 0 Å². The van der Waals surface area contributed by atoms with Crippen molar-refractivity contribution in [2.24, 2.45) is 0 Å². The zero-order valence-corrected chi connectivity index (χ0v) is 10.6. The molecule has 6 heteroatoms. The van der Waals surface area contributed by atoms with Gasteiger partial charge in [0, 0.05) is 7.11 Å². The molecule has 1 aromatic carbocycles. The van der Waals surface area contributed by atoms with Crippen LogP contribution in [-0.4, -0.2) is 37.1 Å². The summed E-state index contributed by atoms with van der Waals surface area (Å²) in [5.41, 5.74) is 0.872. The highest BCUT2D eigenvalue weighted by molar-refractivity contribution is 5.70. The monoisotopic (exact) mass is 268 g/mol. The molecule has 0 aromatic heterocycles. The Morgan fingerprint density at radius 1 is 1.26 bits per heavy atom. The summed E-state index contributed by atoms with van der Waals surface area (Å²) in [6, 6.07) is 9.23. The van der Waals surface area contributed by atoms with Gasteiger partial charge in [0.25, 0.3) is 0 Å². The van der Waals surface area contributed by atoms with Crippen molar-refractivity contribution in [1.29, 1.82) is 0 Å². The number of ether oxygens (including phenoxy) is 3. The maximum absolute atomic E-state index is 11.5. The highest BCUT2D eigenvalue weighted by Gasteiger charge is 2.16. The minimum absolute atomic E-state index is 0.156. The van der Waals surface area contributed by atoms with Crippen LogP contribution in [0.3, 0.4) is 0 Å². The molecule has 0 aliphatic carbocycles. The molecule has 0 spiro atoms. The molecule has 0 amide bonds. The van der Waals surface area contributed by atoms with E-state index in [9.17, 15) is 9.59 Å². The predicted octanol–water partition coefficient (Wildman–Crippen LogP) is 1.19. The average molecular weight is 268 g/mol. The van der Waals surface area contributed by atoms with Gasteiger partial charge in [-0.15, -0.1) is 0 Å². The highest BCUT2D eigenvalue weighted by atomic mass is 16.7. The van der Waals surface area contributed by atoms with E-state index in [1.54, 1.807) is 0 Å². The number of rotatable bonds is 8. The summed E-state index contributed by atoms with van der Waals surface area (Å²) in [6.07, 6.45) is -1.07. The van der Waals surface area contributed by atoms with Crippen LogP contribution in [0.15, 0.2) is 30.3 Å². The van der Waals surface area contributed by atoms with Gasteiger partial charge >= 0.3 is 11.9 Å². The van der Waals surface area contributed by atoms with E-state index in [1.165, 1.54) is 7.11 Å². The van der Waals surface area contributed by atoms with Crippen molar-refractivity contribution in [3.63, 3.8) is 0 Å². The Morgan fingerprint density at radius 3 is 2.53 bits per heavy atom. The Labute approximate surface area is 110 Å². The Kier molecular flexibility index (Phi) is 6.56. The summed E-state index contributed by atoms with van der Waals surface area (Å²) in [5, 5.41) is 8.45. The second-order valence-electron chi connectivity index (χ2n) is 3.72. The lowest BCUT2D eigenvalue weighted by atomic mass is 10.2. The number of esters is 1. The van der Waals surface area contributed by atoms with Gasteiger partial charge in [0.15, 0.2) is 6.29 Å². The van der Waals surface area contributed by atoms with Crippen LogP contribution < -0.4 is 0 Å². The number of carbonyl (C=O) groups excluding carboxylic acids is 1. The van der Waals surface area contributed by atoms with Gasteiger partial charge in [-0.1, -0.05) is 30.3 Å². The van der Waals surface area contributed by atoms with Crippen LogP contribution >= 0.6 is 0 Å². The lowest BCUT2D eigenvalue weighted by Crippen LogP contribution is -2.24. The summed E-state index contributed by atoms with van der Waals surface area (Å²) in [7, 11) is 1.33. The second-order valence-corrected chi connectivity index (χ2v) is 3.72. The van der Waals surface area contributed by atoms with Crippen LogP contribution in [0.5, 0.6) is 0 Å². The summed E-state index contributed by atoms with van der Waals surface area (Å²) in [5.74, 6) is -1.64. The molecule has 0 fully saturated rings. The fraction of sp³-hybridized carbons (Fsp3) is 0.385. The van der Waals surface area contributed by atoms with E-state index < -0.39 is 24.8 Å². The number of carboxylic acids is 1. The molecular weight excluding hydrogens is 252 g/mol. The van der Waals surface area contributed by atoms with Gasteiger partial charge in [-0.05, 0) is 5.56 Å². The van der Waals surface area contributed by atoms with E-state index in [1.807, 2.05) is 30.3 Å². The predicted molar refractivity (Wildman–Crippen MR) is 65.2 cm³/mol. The first-order valence-corrected chi connectivity index (χ1v) is 5.67. The van der Waals surface area contributed by atoms with Crippen molar-refractivity contribution in [2.75, 3.05) is 13.7 Å². The largest absolute Gasteiger partial charge is 0.480 e. The van der Waals surface area contributed by atoms with Crippen molar-refractivity contribution in [3.05, 3.63) is 35.9 Å². The first-order chi connectivity index (χ1) is 9.11. The van der Waals surface area contributed by atoms with Crippen LogP contribution in [0.1, 0.15) is 12.0 Å². The minimum Gasteiger partial charge on any atom is -0.480 e. The highest BCUT2D eigenvalue weighted by Crippen LogP contribution is 2.05. The molecule has 1 aromatic rings. The van der Waals surface area contributed by atoms with E-state index in [0.717, 1.165) is 5.56 Å². The summed E-state index contributed by atoms with van der Waals surface area (Å²) >= 11 is 0. The van der Waals surface area contributed by atoms with Gasteiger partial charge in [-0.3, -0.25) is 4.79 Å². The van der Waals surface area contributed by atoms with Gasteiger partial charge in [0.05, 0.1) is 6.42 Å². The number of hydrogen-bond acceptors (Lipinski definition) is 5. The number of carboxylic acid groups (broad SMARTS) is 1. The average Bonchev–Trinajstić information content (AvgIpc) is 2.42.